The van der Waals surface area contributed by atoms with Gasteiger partial charge in [-0.1, -0.05) is 0 Å². The molecule has 3 heterocycles. The highest BCUT2D eigenvalue weighted by molar-refractivity contribution is 5.92. The number of likely N-dealkylation sites (tertiary alicyclic amines) is 1. The van der Waals surface area contributed by atoms with Crippen LogP contribution in [0.3, 0.4) is 0 Å². The average molecular weight is 276 g/mol. The van der Waals surface area contributed by atoms with Gasteiger partial charge in [-0.3, -0.25) is 9.59 Å². The number of aromatic nitrogens is 2. The van der Waals surface area contributed by atoms with Crippen LogP contribution in [0.5, 0.6) is 0 Å². The van der Waals surface area contributed by atoms with Gasteiger partial charge >= 0.3 is 0 Å². The summed E-state index contributed by atoms with van der Waals surface area (Å²) in [6.45, 7) is 2.27. The Morgan fingerprint density at radius 1 is 1.35 bits per heavy atom. The molecule has 6 nitrogen and oxygen atoms in total. The highest BCUT2D eigenvalue weighted by Crippen LogP contribution is 2.37. The molecule has 0 aromatic carbocycles. The maximum atomic E-state index is 12.3. The van der Waals surface area contributed by atoms with E-state index in [0.717, 1.165) is 38.9 Å². The molecule has 3 rings (SSSR count). The van der Waals surface area contributed by atoms with Gasteiger partial charge in [0.15, 0.2) is 0 Å². The largest absolute Gasteiger partial charge is 0.356 e. The molecular formula is C14H20N4O2. The molecule has 1 spiro atoms. The maximum Gasteiger partial charge on any atom is 0.274 e. The van der Waals surface area contributed by atoms with E-state index in [1.807, 2.05) is 11.9 Å². The van der Waals surface area contributed by atoms with Crippen LogP contribution in [0, 0.1) is 5.41 Å². The standard InChI is InChI=1S/C14H20N4O2/c1-17-8-11(16-10-17)13(20)18-6-4-14(5-7-18)3-2-12(19)15-9-14/h8,10H,2-7,9H2,1H3,(H,15,19). The summed E-state index contributed by atoms with van der Waals surface area (Å²) in [5, 5.41) is 2.96. The van der Waals surface area contributed by atoms with Gasteiger partial charge in [-0.25, -0.2) is 4.98 Å². The molecular weight excluding hydrogens is 256 g/mol. The summed E-state index contributed by atoms with van der Waals surface area (Å²) >= 11 is 0. The molecule has 2 saturated heterocycles. The molecule has 0 bridgehead atoms. The molecule has 1 aromatic heterocycles. The average Bonchev–Trinajstić information content (AvgIpc) is 2.89. The molecule has 1 N–H and O–H groups in total. The van der Waals surface area contributed by atoms with Crippen molar-refractivity contribution in [3.05, 3.63) is 18.2 Å². The first-order valence-electron chi connectivity index (χ1n) is 7.12. The van der Waals surface area contributed by atoms with Gasteiger partial charge in [0.1, 0.15) is 5.69 Å². The highest BCUT2D eigenvalue weighted by Gasteiger charge is 2.38. The van der Waals surface area contributed by atoms with Crippen molar-refractivity contribution in [1.82, 2.24) is 19.8 Å². The number of aryl methyl sites for hydroxylation is 1. The zero-order valence-electron chi connectivity index (χ0n) is 11.8. The predicted octanol–water partition coefficient (Wildman–Crippen LogP) is 0.552. The van der Waals surface area contributed by atoms with Crippen LogP contribution in [0.15, 0.2) is 12.5 Å². The van der Waals surface area contributed by atoms with Crippen molar-refractivity contribution in [3.63, 3.8) is 0 Å². The second kappa shape index (κ2) is 4.92. The molecule has 6 heteroatoms. The van der Waals surface area contributed by atoms with Crippen LogP contribution in [0.25, 0.3) is 0 Å². The van der Waals surface area contributed by atoms with Crippen molar-refractivity contribution < 1.29 is 9.59 Å². The first kappa shape index (κ1) is 13.1. The van der Waals surface area contributed by atoms with E-state index in [4.69, 9.17) is 0 Å². The third kappa shape index (κ3) is 2.42. The summed E-state index contributed by atoms with van der Waals surface area (Å²) in [5.41, 5.74) is 0.717. The molecule has 1 aromatic rings. The van der Waals surface area contributed by atoms with E-state index in [2.05, 4.69) is 10.3 Å². The van der Waals surface area contributed by atoms with E-state index in [1.165, 1.54) is 0 Å². The van der Waals surface area contributed by atoms with Gasteiger partial charge in [0.25, 0.3) is 5.91 Å². The first-order chi connectivity index (χ1) is 9.58. The van der Waals surface area contributed by atoms with Gasteiger partial charge in [0, 0.05) is 39.3 Å². The summed E-state index contributed by atoms with van der Waals surface area (Å²) < 4.78 is 1.79. The number of carbonyl (C=O) groups excluding carboxylic acids is 2. The Kier molecular flexibility index (Phi) is 3.23. The number of hydrogen-bond acceptors (Lipinski definition) is 3. The predicted molar refractivity (Wildman–Crippen MR) is 73.0 cm³/mol. The third-order valence-electron chi connectivity index (χ3n) is 4.58. The Bertz CT molecular complexity index is 517. The van der Waals surface area contributed by atoms with E-state index < -0.39 is 0 Å². The van der Waals surface area contributed by atoms with E-state index >= 15 is 0 Å². The number of carbonyl (C=O) groups is 2. The van der Waals surface area contributed by atoms with Crippen LogP contribution in [-0.4, -0.2) is 45.9 Å². The van der Waals surface area contributed by atoms with Gasteiger partial charge < -0.3 is 14.8 Å². The Labute approximate surface area is 118 Å². The van der Waals surface area contributed by atoms with Crippen molar-refractivity contribution in [3.8, 4) is 0 Å². The number of hydrogen-bond donors (Lipinski definition) is 1. The molecule has 2 fully saturated rings. The minimum Gasteiger partial charge on any atom is -0.356 e. The lowest BCUT2D eigenvalue weighted by atomic mass is 9.73. The van der Waals surface area contributed by atoms with E-state index in [-0.39, 0.29) is 17.2 Å². The lowest BCUT2D eigenvalue weighted by Gasteiger charge is -2.43. The van der Waals surface area contributed by atoms with E-state index in [9.17, 15) is 9.59 Å². The van der Waals surface area contributed by atoms with Gasteiger partial charge in [-0.15, -0.1) is 0 Å². The Hall–Kier alpha value is -1.85. The fraction of sp³-hybridized carbons (Fsp3) is 0.643. The van der Waals surface area contributed by atoms with Crippen molar-refractivity contribution in [2.75, 3.05) is 19.6 Å². The van der Waals surface area contributed by atoms with Crippen molar-refractivity contribution in [1.29, 1.82) is 0 Å². The molecule has 20 heavy (non-hydrogen) atoms. The number of nitrogens with one attached hydrogen (secondary N) is 1. The summed E-state index contributed by atoms with van der Waals surface area (Å²) in [5.74, 6) is 0.169. The number of nitrogens with zero attached hydrogens (tertiary/aromatic N) is 3. The van der Waals surface area contributed by atoms with Crippen LogP contribution in [-0.2, 0) is 11.8 Å². The second-order valence-corrected chi connectivity index (χ2v) is 5.99. The quantitative estimate of drug-likeness (QED) is 0.814. The smallest absolute Gasteiger partial charge is 0.274 e. The third-order valence-corrected chi connectivity index (χ3v) is 4.58. The van der Waals surface area contributed by atoms with Crippen molar-refractivity contribution in [2.45, 2.75) is 25.7 Å². The molecule has 0 saturated carbocycles. The number of piperidine rings is 2. The number of rotatable bonds is 1. The monoisotopic (exact) mass is 276 g/mol. The van der Waals surface area contributed by atoms with Crippen LogP contribution in [0.4, 0.5) is 0 Å². The van der Waals surface area contributed by atoms with Crippen molar-refractivity contribution >= 4 is 11.8 Å². The van der Waals surface area contributed by atoms with Crippen LogP contribution < -0.4 is 5.32 Å². The summed E-state index contributed by atoms with van der Waals surface area (Å²) in [4.78, 5) is 29.6. The van der Waals surface area contributed by atoms with Gasteiger partial charge in [-0.05, 0) is 24.7 Å². The van der Waals surface area contributed by atoms with Crippen molar-refractivity contribution in [2.24, 2.45) is 12.5 Å². The molecule has 0 radical (unpaired) electrons. The molecule has 2 aliphatic heterocycles. The minimum absolute atomic E-state index is 0.0142. The topological polar surface area (TPSA) is 67.2 Å². The second-order valence-electron chi connectivity index (χ2n) is 5.99. The van der Waals surface area contributed by atoms with E-state index in [1.54, 1.807) is 17.1 Å². The molecule has 0 unspecified atom stereocenters. The zero-order chi connectivity index (χ0) is 14.2. The fourth-order valence-corrected chi connectivity index (χ4v) is 3.14. The number of imidazole rings is 1. The summed E-state index contributed by atoms with van der Waals surface area (Å²) in [6.07, 6.45) is 6.90. The maximum absolute atomic E-state index is 12.3. The molecule has 0 aliphatic carbocycles. The Morgan fingerprint density at radius 3 is 2.65 bits per heavy atom. The van der Waals surface area contributed by atoms with Gasteiger partial charge in [0.05, 0.1) is 6.33 Å². The molecule has 2 amide bonds. The van der Waals surface area contributed by atoms with Gasteiger partial charge in [-0.2, -0.15) is 0 Å². The zero-order valence-corrected chi connectivity index (χ0v) is 11.8. The summed E-state index contributed by atoms with van der Waals surface area (Å²) in [7, 11) is 1.86. The lowest BCUT2D eigenvalue weighted by Crippen LogP contribution is -2.50. The van der Waals surface area contributed by atoms with E-state index in [0.29, 0.717) is 12.1 Å². The minimum atomic E-state index is 0.0142. The SMILES string of the molecule is Cn1cnc(C(=O)N2CCC3(CCC(=O)NC3)CC2)c1. The first-order valence-corrected chi connectivity index (χ1v) is 7.12. The Morgan fingerprint density at radius 2 is 2.10 bits per heavy atom. The normalized spacial score (nSPS) is 21.9. The van der Waals surface area contributed by atoms with Crippen LogP contribution >= 0.6 is 0 Å². The molecule has 0 atom stereocenters. The highest BCUT2D eigenvalue weighted by atomic mass is 16.2. The Balaban J connectivity index is 1.61. The summed E-state index contributed by atoms with van der Waals surface area (Å²) in [6, 6.07) is 0. The van der Waals surface area contributed by atoms with Gasteiger partial charge in [0.2, 0.25) is 5.91 Å². The van der Waals surface area contributed by atoms with Crippen LogP contribution in [0.1, 0.15) is 36.2 Å². The van der Waals surface area contributed by atoms with Crippen LogP contribution in [0.2, 0.25) is 0 Å². The molecule has 108 valence electrons. The lowest BCUT2D eigenvalue weighted by molar-refractivity contribution is -0.125. The fourth-order valence-electron chi connectivity index (χ4n) is 3.14. The number of amides is 2. The molecule has 2 aliphatic rings.